The van der Waals surface area contributed by atoms with Crippen LogP contribution in [-0.4, -0.2) is 31.7 Å². The molecule has 4 nitrogen and oxygen atoms in total. The van der Waals surface area contributed by atoms with Crippen LogP contribution < -0.4 is 15.4 Å². The standard InChI is InChI=1S/C15H22FN3O.HI/c1-3-12(20-14-7-5-4-6-13(14)16)10-18-15(17-2)19-11-8-9-11;/h4-7,11-12H,3,8-10H2,1-2H3,(H2,17,18,19);1H. The highest BCUT2D eigenvalue weighted by Crippen LogP contribution is 2.19. The molecule has 1 aliphatic carbocycles. The Morgan fingerprint density at radius 1 is 1.43 bits per heavy atom. The number of hydrogen-bond donors (Lipinski definition) is 2. The quantitative estimate of drug-likeness (QED) is 0.433. The zero-order valence-electron chi connectivity index (χ0n) is 12.4. The lowest BCUT2D eigenvalue weighted by molar-refractivity contribution is 0.191. The second-order valence-electron chi connectivity index (χ2n) is 4.95. The van der Waals surface area contributed by atoms with Gasteiger partial charge in [-0.05, 0) is 31.4 Å². The summed E-state index contributed by atoms with van der Waals surface area (Å²) in [5, 5.41) is 6.53. The zero-order chi connectivity index (χ0) is 14.4. The molecule has 1 aromatic carbocycles. The Hall–Kier alpha value is -1.05. The minimum atomic E-state index is -0.327. The zero-order valence-corrected chi connectivity index (χ0v) is 14.8. The first-order chi connectivity index (χ1) is 9.72. The predicted molar refractivity (Wildman–Crippen MR) is 94.0 cm³/mol. The molecule has 0 saturated heterocycles. The molecule has 6 heteroatoms. The summed E-state index contributed by atoms with van der Waals surface area (Å²) in [4.78, 5) is 4.16. The van der Waals surface area contributed by atoms with Crippen LogP contribution in [0.2, 0.25) is 0 Å². The average Bonchev–Trinajstić information content (AvgIpc) is 3.27. The lowest BCUT2D eigenvalue weighted by atomic mass is 10.2. The molecule has 2 N–H and O–H groups in total. The second kappa shape index (κ2) is 9.07. The number of rotatable bonds is 6. The van der Waals surface area contributed by atoms with Gasteiger partial charge in [-0.1, -0.05) is 19.1 Å². The third-order valence-corrected chi connectivity index (χ3v) is 3.22. The average molecular weight is 407 g/mol. The molecule has 21 heavy (non-hydrogen) atoms. The number of hydrogen-bond acceptors (Lipinski definition) is 2. The Balaban J connectivity index is 0.00000220. The number of nitrogens with one attached hydrogen (secondary N) is 2. The Labute approximate surface area is 142 Å². The maximum absolute atomic E-state index is 13.6. The highest BCUT2D eigenvalue weighted by atomic mass is 127. The van der Waals surface area contributed by atoms with Crippen molar-refractivity contribution in [2.24, 2.45) is 4.99 Å². The van der Waals surface area contributed by atoms with Crippen LogP contribution in [0.3, 0.4) is 0 Å². The van der Waals surface area contributed by atoms with Gasteiger partial charge in [-0.3, -0.25) is 4.99 Å². The Bertz CT molecular complexity index is 466. The SMILES string of the molecule is CCC(CNC(=NC)NC1CC1)Oc1ccccc1F.I. The van der Waals surface area contributed by atoms with Crippen LogP contribution in [0.15, 0.2) is 29.3 Å². The van der Waals surface area contributed by atoms with E-state index in [-0.39, 0.29) is 35.9 Å². The van der Waals surface area contributed by atoms with E-state index in [1.54, 1.807) is 25.2 Å². The van der Waals surface area contributed by atoms with Gasteiger partial charge in [0.25, 0.3) is 0 Å². The third kappa shape index (κ3) is 6.07. The summed E-state index contributed by atoms with van der Waals surface area (Å²) in [6.45, 7) is 2.61. The van der Waals surface area contributed by atoms with Crippen LogP contribution in [0.1, 0.15) is 26.2 Å². The van der Waals surface area contributed by atoms with E-state index in [1.165, 1.54) is 18.9 Å². The maximum atomic E-state index is 13.6. The van der Waals surface area contributed by atoms with Crippen molar-refractivity contribution in [1.29, 1.82) is 0 Å². The van der Waals surface area contributed by atoms with Crippen molar-refractivity contribution in [2.75, 3.05) is 13.6 Å². The van der Waals surface area contributed by atoms with E-state index in [1.807, 2.05) is 6.92 Å². The van der Waals surface area contributed by atoms with E-state index in [0.717, 1.165) is 12.4 Å². The maximum Gasteiger partial charge on any atom is 0.191 e. The minimum absolute atomic E-state index is 0. The molecule has 118 valence electrons. The van der Waals surface area contributed by atoms with Gasteiger partial charge in [0.05, 0.1) is 6.54 Å². The third-order valence-electron chi connectivity index (χ3n) is 3.22. The van der Waals surface area contributed by atoms with Crippen LogP contribution in [0.4, 0.5) is 4.39 Å². The first-order valence-electron chi connectivity index (χ1n) is 7.11. The highest BCUT2D eigenvalue weighted by Gasteiger charge is 2.22. The van der Waals surface area contributed by atoms with E-state index in [4.69, 9.17) is 4.74 Å². The van der Waals surface area contributed by atoms with E-state index in [0.29, 0.717) is 18.3 Å². The molecule has 1 aromatic rings. The number of nitrogens with zero attached hydrogens (tertiary/aromatic N) is 1. The minimum Gasteiger partial charge on any atom is -0.486 e. The molecule has 1 fully saturated rings. The van der Waals surface area contributed by atoms with Gasteiger partial charge in [0.2, 0.25) is 0 Å². The van der Waals surface area contributed by atoms with Gasteiger partial charge < -0.3 is 15.4 Å². The lowest BCUT2D eigenvalue weighted by Gasteiger charge is -2.20. The van der Waals surface area contributed by atoms with E-state index < -0.39 is 0 Å². The molecule has 1 unspecified atom stereocenters. The molecule has 1 aliphatic rings. The molecule has 0 heterocycles. The fourth-order valence-electron chi connectivity index (χ4n) is 1.82. The van der Waals surface area contributed by atoms with Crippen molar-refractivity contribution in [3.8, 4) is 5.75 Å². The van der Waals surface area contributed by atoms with Crippen molar-refractivity contribution >= 4 is 29.9 Å². The summed E-state index contributed by atoms with van der Waals surface area (Å²) >= 11 is 0. The molecule has 0 bridgehead atoms. The van der Waals surface area contributed by atoms with E-state index >= 15 is 0 Å². The predicted octanol–water partition coefficient (Wildman–Crippen LogP) is 2.93. The summed E-state index contributed by atoms with van der Waals surface area (Å²) in [6.07, 6.45) is 3.10. The summed E-state index contributed by atoms with van der Waals surface area (Å²) < 4.78 is 19.2. The Morgan fingerprint density at radius 2 is 2.14 bits per heavy atom. The number of aliphatic imine (C=N–C) groups is 1. The van der Waals surface area contributed by atoms with E-state index in [2.05, 4.69) is 15.6 Å². The van der Waals surface area contributed by atoms with Gasteiger partial charge in [-0.25, -0.2) is 4.39 Å². The molecule has 0 radical (unpaired) electrons. The molecule has 0 amide bonds. The van der Waals surface area contributed by atoms with Gasteiger partial charge >= 0.3 is 0 Å². The summed E-state index contributed by atoms with van der Waals surface area (Å²) in [5.41, 5.74) is 0. The summed E-state index contributed by atoms with van der Waals surface area (Å²) in [6, 6.07) is 7.03. The molecule has 1 atom stereocenters. The van der Waals surface area contributed by atoms with Gasteiger partial charge in [0.1, 0.15) is 6.10 Å². The molecule has 0 aliphatic heterocycles. The van der Waals surface area contributed by atoms with Gasteiger partial charge in [0, 0.05) is 13.1 Å². The largest absolute Gasteiger partial charge is 0.486 e. The highest BCUT2D eigenvalue weighted by molar-refractivity contribution is 14.0. The van der Waals surface area contributed by atoms with Crippen LogP contribution in [-0.2, 0) is 0 Å². The smallest absolute Gasteiger partial charge is 0.191 e. The van der Waals surface area contributed by atoms with Gasteiger partial charge in [-0.15, -0.1) is 24.0 Å². The summed E-state index contributed by atoms with van der Waals surface area (Å²) in [7, 11) is 1.75. The summed E-state index contributed by atoms with van der Waals surface area (Å²) in [5.74, 6) is 0.751. The normalized spacial score (nSPS) is 15.9. The van der Waals surface area contributed by atoms with Crippen LogP contribution in [0.5, 0.6) is 5.75 Å². The number of benzene rings is 1. The first kappa shape index (κ1) is 18.0. The van der Waals surface area contributed by atoms with Crippen molar-refractivity contribution in [3.63, 3.8) is 0 Å². The molecule has 0 spiro atoms. The fourth-order valence-corrected chi connectivity index (χ4v) is 1.82. The number of ether oxygens (including phenoxy) is 1. The molecule has 1 saturated carbocycles. The Kier molecular flexibility index (Phi) is 7.77. The van der Waals surface area contributed by atoms with Crippen LogP contribution in [0, 0.1) is 5.82 Å². The van der Waals surface area contributed by atoms with Crippen LogP contribution in [0.25, 0.3) is 0 Å². The number of para-hydroxylation sites is 1. The molecular weight excluding hydrogens is 384 g/mol. The fraction of sp³-hybridized carbons (Fsp3) is 0.533. The molecular formula is C15H23FIN3O. The second-order valence-corrected chi connectivity index (χ2v) is 4.95. The van der Waals surface area contributed by atoms with E-state index in [9.17, 15) is 4.39 Å². The van der Waals surface area contributed by atoms with Crippen molar-refractivity contribution in [1.82, 2.24) is 10.6 Å². The molecule has 0 aromatic heterocycles. The monoisotopic (exact) mass is 407 g/mol. The lowest BCUT2D eigenvalue weighted by Crippen LogP contribution is -2.43. The topological polar surface area (TPSA) is 45.7 Å². The number of halogens is 2. The van der Waals surface area contributed by atoms with Gasteiger partial charge in [0.15, 0.2) is 17.5 Å². The Morgan fingerprint density at radius 3 is 2.71 bits per heavy atom. The van der Waals surface area contributed by atoms with Crippen molar-refractivity contribution < 1.29 is 9.13 Å². The van der Waals surface area contributed by atoms with Crippen molar-refractivity contribution in [3.05, 3.63) is 30.1 Å². The van der Waals surface area contributed by atoms with Crippen molar-refractivity contribution in [2.45, 2.75) is 38.3 Å². The molecule has 2 rings (SSSR count). The van der Waals surface area contributed by atoms with Crippen LogP contribution >= 0.6 is 24.0 Å². The number of guanidine groups is 1. The van der Waals surface area contributed by atoms with Gasteiger partial charge in [-0.2, -0.15) is 0 Å². The first-order valence-corrected chi connectivity index (χ1v) is 7.11.